The summed E-state index contributed by atoms with van der Waals surface area (Å²) in [4.78, 5) is 16.4. The summed E-state index contributed by atoms with van der Waals surface area (Å²) in [7, 11) is 0. The molecule has 0 unspecified atom stereocenters. The summed E-state index contributed by atoms with van der Waals surface area (Å²) in [6.45, 7) is 3.89. The highest BCUT2D eigenvalue weighted by molar-refractivity contribution is 5.83. The van der Waals surface area contributed by atoms with Crippen LogP contribution >= 0.6 is 0 Å². The first-order chi connectivity index (χ1) is 12.1. The molecule has 4 aromatic rings. The molecular weight excluding hydrogens is 310 g/mol. The van der Waals surface area contributed by atoms with Gasteiger partial charge in [-0.05, 0) is 37.1 Å². The van der Waals surface area contributed by atoms with E-state index in [1.807, 2.05) is 56.3 Å². The van der Waals surface area contributed by atoms with Crippen LogP contribution in [0.5, 0.6) is 0 Å². The Morgan fingerprint density at radius 2 is 1.92 bits per heavy atom. The number of H-pyrrole nitrogens is 1. The van der Waals surface area contributed by atoms with Gasteiger partial charge in [0, 0.05) is 12.0 Å². The number of nitrogens with one attached hydrogen (secondary N) is 1. The molecule has 0 bridgehead atoms. The molecular formula is C21H17N3O. The van der Waals surface area contributed by atoms with Gasteiger partial charge < -0.3 is 4.98 Å². The zero-order chi connectivity index (χ0) is 17.6. The van der Waals surface area contributed by atoms with E-state index in [0.29, 0.717) is 23.2 Å². The van der Waals surface area contributed by atoms with Crippen molar-refractivity contribution in [2.75, 3.05) is 0 Å². The third kappa shape index (κ3) is 2.33. The summed E-state index contributed by atoms with van der Waals surface area (Å²) in [5.41, 5.74) is 6.33. The first-order valence-electron chi connectivity index (χ1n) is 8.20. The van der Waals surface area contributed by atoms with Crippen LogP contribution in [0.4, 0.5) is 0 Å². The van der Waals surface area contributed by atoms with Gasteiger partial charge in [0.15, 0.2) is 0 Å². The first kappa shape index (κ1) is 15.2. The fourth-order valence-corrected chi connectivity index (χ4v) is 3.46. The lowest BCUT2D eigenvalue weighted by molar-refractivity contribution is 1.03. The number of aromatic amines is 1. The van der Waals surface area contributed by atoms with E-state index in [1.165, 1.54) is 0 Å². The smallest absolute Gasteiger partial charge is 0.260 e. The minimum absolute atomic E-state index is 0.0644. The Bertz CT molecular complexity index is 1220. The number of para-hydroxylation sites is 2. The van der Waals surface area contributed by atoms with Gasteiger partial charge in [0.2, 0.25) is 0 Å². The number of rotatable bonds is 2. The van der Waals surface area contributed by atoms with E-state index in [1.54, 1.807) is 4.40 Å². The number of benzene rings is 2. The SMILES string of the molecule is Cc1cccc(Cc2c(C)c(C#N)c3[nH]c4ccccc4n3c2=O)c1. The fraction of sp³-hybridized carbons (Fsp3) is 0.143. The lowest BCUT2D eigenvalue weighted by atomic mass is 9.98. The van der Waals surface area contributed by atoms with E-state index < -0.39 is 0 Å². The largest absolute Gasteiger partial charge is 0.338 e. The first-order valence-corrected chi connectivity index (χ1v) is 8.20. The maximum Gasteiger partial charge on any atom is 0.260 e. The molecule has 122 valence electrons. The van der Waals surface area contributed by atoms with Crippen LogP contribution in [0.3, 0.4) is 0 Å². The molecule has 25 heavy (non-hydrogen) atoms. The van der Waals surface area contributed by atoms with E-state index >= 15 is 0 Å². The van der Waals surface area contributed by atoms with Crippen molar-refractivity contribution in [3.63, 3.8) is 0 Å². The topological polar surface area (TPSA) is 61.1 Å². The van der Waals surface area contributed by atoms with Crippen LogP contribution in [0.2, 0.25) is 0 Å². The van der Waals surface area contributed by atoms with E-state index in [0.717, 1.165) is 27.7 Å². The summed E-state index contributed by atoms with van der Waals surface area (Å²) in [5, 5.41) is 9.68. The number of aryl methyl sites for hydroxylation is 1. The Morgan fingerprint density at radius 1 is 1.12 bits per heavy atom. The Morgan fingerprint density at radius 3 is 2.68 bits per heavy atom. The van der Waals surface area contributed by atoms with E-state index in [-0.39, 0.29) is 5.56 Å². The van der Waals surface area contributed by atoms with Crippen molar-refractivity contribution in [3.05, 3.63) is 86.7 Å². The minimum atomic E-state index is -0.0644. The second-order valence-corrected chi connectivity index (χ2v) is 6.39. The van der Waals surface area contributed by atoms with Crippen LogP contribution in [-0.2, 0) is 6.42 Å². The molecule has 0 saturated carbocycles. The Hall–Kier alpha value is -3.32. The molecule has 0 aliphatic carbocycles. The third-order valence-electron chi connectivity index (χ3n) is 4.72. The van der Waals surface area contributed by atoms with Crippen LogP contribution in [0.15, 0.2) is 53.3 Å². The van der Waals surface area contributed by atoms with Crippen molar-refractivity contribution in [2.24, 2.45) is 0 Å². The quantitative estimate of drug-likeness (QED) is 0.608. The molecule has 1 N–H and O–H groups in total. The molecule has 0 aliphatic heterocycles. The van der Waals surface area contributed by atoms with Gasteiger partial charge in [0.05, 0.1) is 16.6 Å². The van der Waals surface area contributed by atoms with Gasteiger partial charge in [-0.15, -0.1) is 0 Å². The van der Waals surface area contributed by atoms with Gasteiger partial charge in [-0.3, -0.25) is 9.20 Å². The summed E-state index contributed by atoms with van der Waals surface area (Å²) in [6.07, 6.45) is 0.517. The van der Waals surface area contributed by atoms with Crippen LogP contribution in [0.25, 0.3) is 16.7 Å². The maximum absolute atomic E-state index is 13.2. The number of aromatic nitrogens is 2. The van der Waals surface area contributed by atoms with Crippen molar-refractivity contribution in [1.29, 1.82) is 5.26 Å². The predicted octanol–water partition coefficient (Wildman–Crippen LogP) is 3.86. The summed E-state index contributed by atoms with van der Waals surface area (Å²) < 4.78 is 1.63. The second-order valence-electron chi connectivity index (χ2n) is 6.39. The van der Waals surface area contributed by atoms with Gasteiger partial charge in [-0.25, -0.2) is 0 Å². The Kier molecular flexibility index (Phi) is 3.43. The lowest BCUT2D eigenvalue weighted by Crippen LogP contribution is -2.21. The summed E-state index contributed by atoms with van der Waals surface area (Å²) in [6, 6.07) is 18.0. The van der Waals surface area contributed by atoms with Crippen molar-refractivity contribution >= 4 is 16.7 Å². The number of hydrogen-bond donors (Lipinski definition) is 1. The fourth-order valence-electron chi connectivity index (χ4n) is 3.46. The molecule has 2 heterocycles. The Balaban J connectivity index is 2.06. The summed E-state index contributed by atoms with van der Waals surface area (Å²) in [5.74, 6) is 0. The Labute approximate surface area is 145 Å². The molecule has 0 amide bonds. The number of nitriles is 1. The number of nitrogens with zero attached hydrogens (tertiary/aromatic N) is 2. The van der Waals surface area contributed by atoms with Crippen molar-refractivity contribution in [2.45, 2.75) is 20.3 Å². The average molecular weight is 327 g/mol. The van der Waals surface area contributed by atoms with Crippen LogP contribution in [0, 0.1) is 25.2 Å². The number of hydrogen-bond acceptors (Lipinski definition) is 2. The van der Waals surface area contributed by atoms with Crippen LogP contribution in [-0.4, -0.2) is 9.38 Å². The maximum atomic E-state index is 13.2. The predicted molar refractivity (Wildman–Crippen MR) is 99.0 cm³/mol. The van der Waals surface area contributed by atoms with E-state index in [9.17, 15) is 10.1 Å². The summed E-state index contributed by atoms with van der Waals surface area (Å²) >= 11 is 0. The zero-order valence-corrected chi connectivity index (χ0v) is 14.1. The van der Waals surface area contributed by atoms with Gasteiger partial charge in [0.1, 0.15) is 11.7 Å². The van der Waals surface area contributed by atoms with Crippen molar-refractivity contribution < 1.29 is 0 Å². The molecule has 2 aromatic heterocycles. The highest BCUT2D eigenvalue weighted by Gasteiger charge is 2.18. The zero-order valence-electron chi connectivity index (χ0n) is 14.1. The average Bonchev–Trinajstić information content (AvgIpc) is 2.98. The normalized spacial score (nSPS) is 11.1. The molecule has 0 spiro atoms. The third-order valence-corrected chi connectivity index (χ3v) is 4.72. The second kappa shape index (κ2) is 5.64. The highest BCUT2D eigenvalue weighted by Crippen LogP contribution is 2.22. The number of pyridine rings is 1. The van der Waals surface area contributed by atoms with Gasteiger partial charge >= 0.3 is 0 Å². The van der Waals surface area contributed by atoms with E-state index in [2.05, 4.69) is 17.1 Å². The molecule has 0 saturated heterocycles. The van der Waals surface area contributed by atoms with Gasteiger partial charge in [-0.2, -0.15) is 5.26 Å². The number of imidazole rings is 1. The molecule has 0 atom stereocenters. The van der Waals surface area contributed by atoms with Crippen LogP contribution in [0.1, 0.15) is 27.8 Å². The number of fused-ring (bicyclic) bond motifs is 3. The molecule has 4 heteroatoms. The molecule has 0 fully saturated rings. The molecule has 0 aliphatic rings. The highest BCUT2D eigenvalue weighted by atomic mass is 16.1. The van der Waals surface area contributed by atoms with Gasteiger partial charge in [-0.1, -0.05) is 42.0 Å². The van der Waals surface area contributed by atoms with Crippen molar-refractivity contribution in [3.8, 4) is 6.07 Å². The van der Waals surface area contributed by atoms with Gasteiger partial charge in [0.25, 0.3) is 5.56 Å². The minimum Gasteiger partial charge on any atom is -0.338 e. The van der Waals surface area contributed by atoms with E-state index in [4.69, 9.17) is 0 Å². The van der Waals surface area contributed by atoms with Crippen LogP contribution < -0.4 is 5.56 Å². The van der Waals surface area contributed by atoms with Crippen molar-refractivity contribution in [1.82, 2.24) is 9.38 Å². The standard InChI is InChI=1S/C21H17N3O/c1-13-6-5-7-15(10-13)11-16-14(2)17(12-22)20-23-18-8-3-4-9-19(18)24(20)21(16)25/h3-10,23H,11H2,1-2H3. The molecule has 4 rings (SSSR count). The molecule has 2 aromatic carbocycles. The molecule has 0 radical (unpaired) electrons. The lowest BCUT2D eigenvalue weighted by Gasteiger charge is -2.10. The molecule has 4 nitrogen and oxygen atoms in total. The monoisotopic (exact) mass is 327 g/mol.